The van der Waals surface area contributed by atoms with Crippen LogP contribution in [0.1, 0.15) is 41.5 Å². The maximum Gasteiger partial charge on any atom is 0.255 e. The van der Waals surface area contributed by atoms with E-state index in [9.17, 15) is 4.79 Å². The summed E-state index contributed by atoms with van der Waals surface area (Å²) in [5.74, 6) is 0.138. The van der Waals surface area contributed by atoms with Crippen LogP contribution < -0.4 is 0 Å². The third kappa shape index (κ3) is 3.46. The lowest BCUT2D eigenvalue weighted by atomic mass is 10.0. The molecule has 1 rings (SSSR count). The van der Waals surface area contributed by atoms with Gasteiger partial charge in [0.2, 0.25) is 0 Å². The van der Waals surface area contributed by atoms with Crippen molar-refractivity contribution in [2.75, 3.05) is 6.54 Å². The van der Waals surface area contributed by atoms with Crippen LogP contribution in [-0.4, -0.2) is 22.9 Å². The average Bonchev–Trinajstić information content (AvgIpc) is 2.60. The second-order valence-electron chi connectivity index (χ2n) is 5.87. The Bertz CT molecular complexity index is 470. The summed E-state index contributed by atoms with van der Waals surface area (Å²) in [6, 6.07) is 0. The standard InChI is InChI=1S/C17H25NO/c1-7-9-11-14(10-8-2)15-13(3)12-18(16(15)19)17(4,5)6/h7-11H,12H2,1-6H3/b9-7-,10-8-,14-11+. The van der Waals surface area contributed by atoms with Gasteiger partial charge < -0.3 is 4.90 Å². The lowest BCUT2D eigenvalue weighted by Gasteiger charge is -2.32. The SMILES string of the molecule is C\C=C/C=C(\C=C/C)C1=C(C)CN(C(C)(C)C)C1=O. The van der Waals surface area contributed by atoms with Crippen molar-refractivity contribution in [1.29, 1.82) is 0 Å². The topological polar surface area (TPSA) is 20.3 Å². The largest absolute Gasteiger partial charge is 0.330 e. The summed E-state index contributed by atoms with van der Waals surface area (Å²) in [7, 11) is 0. The number of allylic oxidation sites excluding steroid dienone is 5. The van der Waals surface area contributed by atoms with E-state index in [1.165, 1.54) is 0 Å². The third-order valence-corrected chi connectivity index (χ3v) is 3.19. The van der Waals surface area contributed by atoms with Crippen molar-refractivity contribution in [3.8, 4) is 0 Å². The number of amides is 1. The molecule has 0 atom stereocenters. The minimum Gasteiger partial charge on any atom is -0.330 e. The Morgan fingerprint density at radius 2 is 1.84 bits per heavy atom. The first-order chi connectivity index (χ1) is 8.82. The number of nitrogens with zero attached hydrogens (tertiary/aromatic N) is 1. The number of rotatable bonds is 3. The minimum atomic E-state index is -0.137. The van der Waals surface area contributed by atoms with Gasteiger partial charge in [-0.05, 0) is 52.7 Å². The highest BCUT2D eigenvalue weighted by Crippen LogP contribution is 2.30. The first kappa shape index (κ1) is 15.5. The van der Waals surface area contributed by atoms with Crippen molar-refractivity contribution in [3.05, 3.63) is 47.1 Å². The molecule has 19 heavy (non-hydrogen) atoms. The summed E-state index contributed by atoms with van der Waals surface area (Å²) < 4.78 is 0. The van der Waals surface area contributed by atoms with E-state index in [-0.39, 0.29) is 11.4 Å². The van der Waals surface area contributed by atoms with Crippen molar-refractivity contribution in [2.24, 2.45) is 0 Å². The fraction of sp³-hybridized carbons (Fsp3) is 0.471. The van der Waals surface area contributed by atoms with E-state index in [1.54, 1.807) is 0 Å². The van der Waals surface area contributed by atoms with Crippen LogP contribution in [0.3, 0.4) is 0 Å². The van der Waals surface area contributed by atoms with Crippen molar-refractivity contribution < 1.29 is 4.79 Å². The van der Waals surface area contributed by atoms with Gasteiger partial charge in [0, 0.05) is 17.7 Å². The molecule has 2 nitrogen and oxygen atoms in total. The second kappa shape index (κ2) is 6.05. The molecule has 0 spiro atoms. The van der Waals surface area contributed by atoms with Gasteiger partial charge in [0.15, 0.2) is 0 Å². The second-order valence-corrected chi connectivity index (χ2v) is 5.87. The number of carbonyl (C=O) groups is 1. The van der Waals surface area contributed by atoms with Crippen LogP contribution in [0.25, 0.3) is 0 Å². The molecule has 1 aliphatic rings. The summed E-state index contributed by atoms with van der Waals surface area (Å²) in [4.78, 5) is 14.5. The summed E-state index contributed by atoms with van der Waals surface area (Å²) >= 11 is 0. The van der Waals surface area contributed by atoms with Crippen molar-refractivity contribution >= 4 is 5.91 Å². The zero-order chi connectivity index (χ0) is 14.6. The number of hydrogen-bond donors (Lipinski definition) is 0. The molecule has 1 aliphatic heterocycles. The molecule has 1 amide bonds. The molecule has 0 aromatic heterocycles. The highest BCUT2D eigenvalue weighted by Gasteiger charge is 2.35. The molecule has 0 radical (unpaired) electrons. The van der Waals surface area contributed by atoms with Crippen LogP contribution in [0.5, 0.6) is 0 Å². The normalized spacial score (nSPS) is 18.5. The smallest absolute Gasteiger partial charge is 0.255 e. The van der Waals surface area contributed by atoms with Crippen LogP contribution in [0.4, 0.5) is 0 Å². The van der Waals surface area contributed by atoms with E-state index in [4.69, 9.17) is 0 Å². The molecule has 2 heteroatoms. The van der Waals surface area contributed by atoms with E-state index >= 15 is 0 Å². The Labute approximate surface area is 117 Å². The lowest BCUT2D eigenvalue weighted by Crippen LogP contribution is -2.43. The molecule has 0 N–H and O–H groups in total. The van der Waals surface area contributed by atoms with Gasteiger partial charge in [-0.1, -0.05) is 30.4 Å². The molecule has 0 unspecified atom stereocenters. The fourth-order valence-corrected chi connectivity index (χ4v) is 2.22. The zero-order valence-electron chi connectivity index (χ0n) is 12.9. The lowest BCUT2D eigenvalue weighted by molar-refractivity contribution is -0.129. The summed E-state index contributed by atoms with van der Waals surface area (Å²) in [5, 5.41) is 0. The van der Waals surface area contributed by atoms with E-state index < -0.39 is 0 Å². The van der Waals surface area contributed by atoms with Gasteiger partial charge in [0.05, 0.1) is 0 Å². The quantitative estimate of drug-likeness (QED) is 0.701. The van der Waals surface area contributed by atoms with Crippen molar-refractivity contribution in [2.45, 2.75) is 47.1 Å². The molecular weight excluding hydrogens is 234 g/mol. The fourth-order valence-electron chi connectivity index (χ4n) is 2.22. The Kier molecular flexibility index (Phi) is 4.93. The molecule has 0 saturated heterocycles. The van der Waals surface area contributed by atoms with Gasteiger partial charge in [0.25, 0.3) is 5.91 Å². The number of hydrogen-bond acceptors (Lipinski definition) is 1. The molecule has 1 heterocycles. The molecular formula is C17H25NO. The van der Waals surface area contributed by atoms with E-state index in [2.05, 4.69) is 20.8 Å². The van der Waals surface area contributed by atoms with E-state index in [0.717, 1.165) is 23.3 Å². The van der Waals surface area contributed by atoms with E-state index in [0.29, 0.717) is 0 Å². The summed E-state index contributed by atoms with van der Waals surface area (Å²) in [6.07, 6.45) is 9.93. The molecule has 0 aliphatic carbocycles. The molecule has 0 bridgehead atoms. The van der Waals surface area contributed by atoms with Gasteiger partial charge in [-0.15, -0.1) is 0 Å². The van der Waals surface area contributed by atoms with Gasteiger partial charge in [-0.2, -0.15) is 0 Å². The first-order valence-corrected chi connectivity index (χ1v) is 6.80. The van der Waals surface area contributed by atoms with Gasteiger partial charge >= 0.3 is 0 Å². The Balaban J connectivity index is 3.18. The zero-order valence-corrected chi connectivity index (χ0v) is 12.9. The molecule has 104 valence electrons. The van der Waals surface area contributed by atoms with Gasteiger partial charge in [-0.25, -0.2) is 0 Å². The predicted molar refractivity (Wildman–Crippen MR) is 81.9 cm³/mol. The summed E-state index contributed by atoms with van der Waals surface area (Å²) in [5.41, 5.74) is 2.86. The number of carbonyl (C=O) groups excluding carboxylic acids is 1. The molecule has 0 aromatic rings. The van der Waals surface area contributed by atoms with Crippen LogP contribution in [0.2, 0.25) is 0 Å². The molecule has 0 fully saturated rings. The van der Waals surface area contributed by atoms with Crippen molar-refractivity contribution in [1.82, 2.24) is 4.90 Å². The highest BCUT2D eigenvalue weighted by atomic mass is 16.2. The average molecular weight is 259 g/mol. The Hall–Kier alpha value is -1.57. The minimum absolute atomic E-state index is 0.137. The third-order valence-electron chi connectivity index (χ3n) is 3.19. The van der Waals surface area contributed by atoms with Crippen LogP contribution in [-0.2, 0) is 4.79 Å². The van der Waals surface area contributed by atoms with Gasteiger partial charge in [-0.3, -0.25) is 4.79 Å². The predicted octanol–water partition coefficient (Wildman–Crippen LogP) is 4.02. The maximum absolute atomic E-state index is 12.6. The van der Waals surface area contributed by atoms with E-state index in [1.807, 2.05) is 56.1 Å². The van der Waals surface area contributed by atoms with Crippen LogP contribution in [0.15, 0.2) is 47.1 Å². The highest BCUT2D eigenvalue weighted by molar-refractivity contribution is 6.02. The van der Waals surface area contributed by atoms with Crippen molar-refractivity contribution in [3.63, 3.8) is 0 Å². The Morgan fingerprint density at radius 3 is 2.26 bits per heavy atom. The maximum atomic E-state index is 12.6. The molecule has 0 aromatic carbocycles. The van der Waals surface area contributed by atoms with Gasteiger partial charge in [0.1, 0.15) is 0 Å². The Morgan fingerprint density at radius 1 is 1.21 bits per heavy atom. The monoisotopic (exact) mass is 259 g/mol. The van der Waals surface area contributed by atoms with Crippen LogP contribution in [0, 0.1) is 0 Å². The summed E-state index contributed by atoms with van der Waals surface area (Å²) in [6.45, 7) is 12.9. The van der Waals surface area contributed by atoms with Crippen LogP contribution >= 0.6 is 0 Å². The molecule has 0 saturated carbocycles. The first-order valence-electron chi connectivity index (χ1n) is 6.80.